The van der Waals surface area contributed by atoms with Gasteiger partial charge in [-0.2, -0.15) is 0 Å². The molecule has 2 heterocycles. The average molecular weight is 266 g/mol. The van der Waals surface area contributed by atoms with Crippen LogP contribution < -0.4 is 16.6 Å². The second-order valence-corrected chi connectivity index (χ2v) is 4.78. The SMILES string of the molecule is CNCC1CCN(C(=O)c2c[nH]c(=O)[nH]c2=O)CC1. The Morgan fingerprint density at radius 1 is 1.42 bits per heavy atom. The fraction of sp³-hybridized carbons (Fsp3) is 0.583. The minimum Gasteiger partial charge on any atom is -0.338 e. The van der Waals surface area contributed by atoms with Gasteiger partial charge < -0.3 is 15.2 Å². The van der Waals surface area contributed by atoms with Crippen LogP contribution in [-0.4, -0.2) is 47.5 Å². The maximum Gasteiger partial charge on any atom is 0.325 e. The van der Waals surface area contributed by atoms with Crippen LogP contribution in [0.15, 0.2) is 15.8 Å². The van der Waals surface area contributed by atoms with Gasteiger partial charge in [0, 0.05) is 19.3 Å². The van der Waals surface area contributed by atoms with Gasteiger partial charge in [-0.15, -0.1) is 0 Å². The first kappa shape index (κ1) is 13.5. The zero-order chi connectivity index (χ0) is 13.8. The van der Waals surface area contributed by atoms with Crippen LogP contribution in [0.3, 0.4) is 0 Å². The van der Waals surface area contributed by atoms with Gasteiger partial charge in [-0.05, 0) is 32.4 Å². The number of hydrogen-bond acceptors (Lipinski definition) is 4. The van der Waals surface area contributed by atoms with Crippen LogP contribution in [0.5, 0.6) is 0 Å². The fourth-order valence-corrected chi connectivity index (χ4v) is 2.37. The number of carbonyl (C=O) groups excluding carboxylic acids is 1. The number of aromatic nitrogens is 2. The summed E-state index contributed by atoms with van der Waals surface area (Å²) >= 11 is 0. The first-order valence-corrected chi connectivity index (χ1v) is 6.37. The van der Waals surface area contributed by atoms with Crippen LogP contribution in [0.4, 0.5) is 0 Å². The fourth-order valence-electron chi connectivity index (χ4n) is 2.37. The Bertz CT molecular complexity index is 555. The first-order valence-electron chi connectivity index (χ1n) is 6.37. The van der Waals surface area contributed by atoms with Gasteiger partial charge in [0.2, 0.25) is 0 Å². The van der Waals surface area contributed by atoms with Crippen molar-refractivity contribution in [3.05, 3.63) is 32.6 Å². The first-order chi connectivity index (χ1) is 9.11. The molecule has 3 N–H and O–H groups in total. The predicted molar refractivity (Wildman–Crippen MR) is 70.2 cm³/mol. The number of nitrogens with one attached hydrogen (secondary N) is 3. The summed E-state index contributed by atoms with van der Waals surface area (Å²) in [7, 11) is 1.91. The molecule has 0 atom stereocenters. The third-order valence-electron chi connectivity index (χ3n) is 3.44. The molecule has 2 rings (SSSR count). The number of H-pyrrole nitrogens is 2. The quantitative estimate of drug-likeness (QED) is 0.662. The summed E-state index contributed by atoms with van der Waals surface area (Å²) in [5.41, 5.74) is -1.24. The molecule has 0 saturated carbocycles. The highest BCUT2D eigenvalue weighted by Gasteiger charge is 2.24. The normalized spacial score (nSPS) is 16.6. The molecular formula is C12H18N4O3. The van der Waals surface area contributed by atoms with Crippen molar-refractivity contribution in [3.8, 4) is 0 Å². The van der Waals surface area contributed by atoms with E-state index in [0.717, 1.165) is 19.4 Å². The second-order valence-electron chi connectivity index (χ2n) is 4.78. The lowest BCUT2D eigenvalue weighted by atomic mass is 9.96. The van der Waals surface area contributed by atoms with E-state index in [-0.39, 0.29) is 11.5 Å². The molecule has 1 saturated heterocycles. The van der Waals surface area contributed by atoms with Crippen molar-refractivity contribution in [2.75, 3.05) is 26.7 Å². The van der Waals surface area contributed by atoms with Gasteiger partial charge in [0.1, 0.15) is 5.56 Å². The molecule has 0 aliphatic carbocycles. The van der Waals surface area contributed by atoms with Gasteiger partial charge in [0.05, 0.1) is 0 Å². The number of rotatable bonds is 3. The van der Waals surface area contributed by atoms with E-state index in [2.05, 4.69) is 15.3 Å². The molecular weight excluding hydrogens is 248 g/mol. The molecule has 0 radical (unpaired) electrons. The Balaban J connectivity index is 2.05. The minimum absolute atomic E-state index is 0.00772. The largest absolute Gasteiger partial charge is 0.338 e. The highest BCUT2D eigenvalue weighted by atomic mass is 16.2. The number of amides is 1. The van der Waals surface area contributed by atoms with Crippen LogP contribution in [0.2, 0.25) is 0 Å². The van der Waals surface area contributed by atoms with Crippen LogP contribution in [-0.2, 0) is 0 Å². The van der Waals surface area contributed by atoms with Crippen molar-refractivity contribution in [2.24, 2.45) is 5.92 Å². The second kappa shape index (κ2) is 5.83. The highest BCUT2D eigenvalue weighted by molar-refractivity contribution is 5.93. The zero-order valence-corrected chi connectivity index (χ0v) is 10.9. The molecule has 0 spiro atoms. The molecule has 0 aromatic carbocycles. The highest BCUT2D eigenvalue weighted by Crippen LogP contribution is 2.17. The van der Waals surface area contributed by atoms with Gasteiger partial charge in [0.15, 0.2) is 0 Å². The molecule has 1 aromatic heterocycles. The van der Waals surface area contributed by atoms with Gasteiger partial charge in [0.25, 0.3) is 11.5 Å². The van der Waals surface area contributed by atoms with Gasteiger partial charge in [-0.1, -0.05) is 0 Å². The number of hydrogen-bond donors (Lipinski definition) is 3. The van der Waals surface area contributed by atoms with E-state index in [1.165, 1.54) is 6.20 Å². The maximum atomic E-state index is 12.2. The van der Waals surface area contributed by atoms with Crippen LogP contribution in [0.25, 0.3) is 0 Å². The van der Waals surface area contributed by atoms with E-state index in [1.807, 2.05) is 7.05 Å². The van der Waals surface area contributed by atoms with E-state index in [0.29, 0.717) is 19.0 Å². The lowest BCUT2D eigenvalue weighted by Gasteiger charge is -2.31. The molecule has 0 bridgehead atoms. The molecule has 7 heteroatoms. The average Bonchev–Trinajstić information content (AvgIpc) is 2.39. The zero-order valence-electron chi connectivity index (χ0n) is 10.9. The van der Waals surface area contributed by atoms with Crippen LogP contribution in [0.1, 0.15) is 23.2 Å². The summed E-state index contributed by atoms with van der Waals surface area (Å²) in [6.45, 7) is 2.23. The molecule has 19 heavy (non-hydrogen) atoms. The Hall–Kier alpha value is -1.89. The van der Waals surface area contributed by atoms with Crippen LogP contribution in [0, 0.1) is 5.92 Å². The van der Waals surface area contributed by atoms with Crippen molar-refractivity contribution in [3.63, 3.8) is 0 Å². The molecule has 0 unspecified atom stereocenters. The predicted octanol–water partition coefficient (Wildman–Crippen LogP) is -0.865. The van der Waals surface area contributed by atoms with E-state index in [4.69, 9.17) is 0 Å². The number of nitrogens with zero attached hydrogens (tertiary/aromatic N) is 1. The minimum atomic E-state index is -0.633. The Morgan fingerprint density at radius 2 is 2.11 bits per heavy atom. The summed E-state index contributed by atoms with van der Waals surface area (Å²) in [5.74, 6) is 0.253. The summed E-state index contributed by atoms with van der Waals surface area (Å²) in [6, 6.07) is 0. The third-order valence-corrected chi connectivity index (χ3v) is 3.44. The molecule has 1 aliphatic rings. The van der Waals surface area contributed by atoms with Gasteiger partial charge in [-0.25, -0.2) is 4.79 Å². The number of likely N-dealkylation sites (tertiary alicyclic amines) is 1. The van der Waals surface area contributed by atoms with Gasteiger partial charge >= 0.3 is 5.69 Å². The topological polar surface area (TPSA) is 98.1 Å². The Labute approximate surface area is 110 Å². The van der Waals surface area contributed by atoms with Crippen molar-refractivity contribution in [2.45, 2.75) is 12.8 Å². The molecule has 1 aromatic rings. The Kier molecular flexibility index (Phi) is 4.16. The number of piperidine rings is 1. The summed E-state index contributed by atoms with van der Waals surface area (Å²) in [6.07, 6.45) is 3.03. The summed E-state index contributed by atoms with van der Waals surface area (Å²) in [5, 5.41) is 3.13. The standard InChI is InChI=1S/C12H18N4O3/c1-13-6-8-2-4-16(5-3-8)11(18)9-7-14-12(19)15-10(9)17/h7-8,13H,2-6H2,1H3,(H2,14,15,17,19). The van der Waals surface area contributed by atoms with E-state index < -0.39 is 11.2 Å². The molecule has 104 valence electrons. The monoisotopic (exact) mass is 266 g/mol. The van der Waals surface area contributed by atoms with E-state index in [1.54, 1.807) is 4.90 Å². The summed E-state index contributed by atoms with van der Waals surface area (Å²) in [4.78, 5) is 40.7. The third kappa shape index (κ3) is 3.11. The Morgan fingerprint density at radius 3 is 2.68 bits per heavy atom. The van der Waals surface area contributed by atoms with E-state index in [9.17, 15) is 14.4 Å². The molecule has 1 amide bonds. The van der Waals surface area contributed by atoms with Crippen LogP contribution >= 0.6 is 0 Å². The number of carbonyl (C=O) groups is 1. The molecule has 7 nitrogen and oxygen atoms in total. The lowest BCUT2D eigenvalue weighted by Crippen LogP contribution is -2.42. The van der Waals surface area contributed by atoms with Crippen molar-refractivity contribution < 1.29 is 4.79 Å². The summed E-state index contributed by atoms with van der Waals surface area (Å²) < 4.78 is 0. The van der Waals surface area contributed by atoms with E-state index >= 15 is 0 Å². The van der Waals surface area contributed by atoms with Crippen molar-refractivity contribution >= 4 is 5.91 Å². The van der Waals surface area contributed by atoms with Crippen molar-refractivity contribution in [1.29, 1.82) is 0 Å². The van der Waals surface area contributed by atoms with Gasteiger partial charge in [-0.3, -0.25) is 14.6 Å². The lowest BCUT2D eigenvalue weighted by molar-refractivity contribution is 0.0688. The van der Waals surface area contributed by atoms with Crippen molar-refractivity contribution in [1.82, 2.24) is 20.2 Å². The maximum absolute atomic E-state index is 12.2. The number of aromatic amines is 2. The molecule has 1 aliphatic heterocycles. The molecule has 1 fully saturated rings. The smallest absolute Gasteiger partial charge is 0.325 e.